The first-order valence-corrected chi connectivity index (χ1v) is 8.34. The maximum Gasteiger partial charge on any atom is 0.322 e. The summed E-state index contributed by atoms with van der Waals surface area (Å²) >= 11 is 0. The normalized spacial score (nSPS) is 19.7. The molecule has 134 valence electrons. The van der Waals surface area contributed by atoms with Gasteiger partial charge in [-0.05, 0) is 44.0 Å². The lowest BCUT2D eigenvalue weighted by molar-refractivity contribution is -0.123. The molecule has 4 amide bonds. The standard InChI is InChI=1S/C20H21N3O3/c1-19(2,13-8-5-4-6-9-13)16(24)21-15-11-7-10-14(12-15)20(3)17(25)22-18(26)23-20/h4-12H,1-3H3,(H,21,24)(H2,22,23,25,26)/t20-/m0/s1. The summed E-state index contributed by atoms with van der Waals surface area (Å²) in [5.41, 5.74) is 0.179. The Hall–Kier alpha value is -3.15. The molecule has 2 aromatic carbocycles. The first-order valence-electron chi connectivity index (χ1n) is 8.34. The van der Waals surface area contributed by atoms with Crippen molar-refractivity contribution in [2.75, 3.05) is 5.32 Å². The van der Waals surface area contributed by atoms with Gasteiger partial charge in [0.1, 0.15) is 5.54 Å². The molecular weight excluding hydrogens is 330 g/mol. The van der Waals surface area contributed by atoms with E-state index in [1.165, 1.54) is 0 Å². The van der Waals surface area contributed by atoms with Gasteiger partial charge in [-0.2, -0.15) is 0 Å². The van der Waals surface area contributed by atoms with Gasteiger partial charge in [0.05, 0.1) is 5.41 Å². The van der Waals surface area contributed by atoms with Crippen molar-refractivity contribution in [2.45, 2.75) is 31.7 Å². The molecule has 1 heterocycles. The number of anilines is 1. The van der Waals surface area contributed by atoms with Crippen LogP contribution >= 0.6 is 0 Å². The fraction of sp³-hybridized carbons (Fsp3) is 0.250. The zero-order valence-electron chi connectivity index (χ0n) is 14.9. The summed E-state index contributed by atoms with van der Waals surface area (Å²) in [5.74, 6) is -0.582. The highest BCUT2D eigenvalue weighted by Gasteiger charge is 2.43. The van der Waals surface area contributed by atoms with E-state index in [4.69, 9.17) is 0 Å². The van der Waals surface area contributed by atoms with Crippen LogP contribution in [0, 0.1) is 0 Å². The number of carbonyl (C=O) groups excluding carboxylic acids is 3. The van der Waals surface area contributed by atoms with Crippen molar-refractivity contribution in [1.82, 2.24) is 10.6 Å². The third-order valence-electron chi connectivity index (χ3n) is 4.81. The number of benzene rings is 2. The van der Waals surface area contributed by atoms with Crippen LogP contribution in [0.15, 0.2) is 54.6 Å². The Morgan fingerprint density at radius 2 is 1.73 bits per heavy atom. The van der Waals surface area contributed by atoms with Crippen LogP contribution in [0.4, 0.5) is 10.5 Å². The average molecular weight is 351 g/mol. The van der Waals surface area contributed by atoms with E-state index in [2.05, 4.69) is 16.0 Å². The molecule has 0 radical (unpaired) electrons. The number of imide groups is 1. The molecule has 1 aliphatic heterocycles. The summed E-state index contributed by atoms with van der Waals surface area (Å²) < 4.78 is 0. The van der Waals surface area contributed by atoms with Crippen molar-refractivity contribution in [3.8, 4) is 0 Å². The number of nitrogens with one attached hydrogen (secondary N) is 3. The van der Waals surface area contributed by atoms with Crippen LogP contribution in [0.3, 0.4) is 0 Å². The van der Waals surface area contributed by atoms with Crippen molar-refractivity contribution in [3.63, 3.8) is 0 Å². The molecule has 0 aromatic heterocycles. The monoisotopic (exact) mass is 351 g/mol. The molecule has 2 aromatic rings. The van der Waals surface area contributed by atoms with E-state index in [9.17, 15) is 14.4 Å². The molecule has 6 heteroatoms. The Morgan fingerprint density at radius 1 is 1.04 bits per heavy atom. The molecule has 0 unspecified atom stereocenters. The minimum atomic E-state index is -1.16. The number of rotatable bonds is 4. The molecule has 0 bridgehead atoms. The Morgan fingerprint density at radius 3 is 2.35 bits per heavy atom. The molecule has 1 atom stereocenters. The quantitative estimate of drug-likeness (QED) is 0.740. The highest BCUT2D eigenvalue weighted by molar-refractivity contribution is 6.07. The van der Waals surface area contributed by atoms with E-state index in [1.54, 1.807) is 31.2 Å². The van der Waals surface area contributed by atoms with Gasteiger partial charge in [0.15, 0.2) is 0 Å². The van der Waals surface area contributed by atoms with Gasteiger partial charge >= 0.3 is 6.03 Å². The van der Waals surface area contributed by atoms with Gasteiger partial charge in [0.2, 0.25) is 5.91 Å². The van der Waals surface area contributed by atoms with E-state index in [1.807, 2.05) is 44.2 Å². The minimum Gasteiger partial charge on any atom is -0.325 e. The van der Waals surface area contributed by atoms with E-state index >= 15 is 0 Å². The predicted molar refractivity (Wildman–Crippen MR) is 98.6 cm³/mol. The van der Waals surface area contributed by atoms with Gasteiger partial charge in [-0.3, -0.25) is 14.9 Å². The lowest BCUT2D eigenvalue weighted by atomic mass is 9.83. The predicted octanol–water partition coefficient (Wildman–Crippen LogP) is 2.66. The molecule has 3 rings (SSSR count). The van der Waals surface area contributed by atoms with E-state index in [-0.39, 0.29) is 5.91 Å². The Labute approximate surface area is 152 Å². The lowest BCUT2D eigenvalue weighted by Crippen LogP contribution is -2.40. The van der Waals surface area contributed by atoms with Gasteiger partial charge in [-0.1, -0.05) is 42.5 Å². The summed E-state index contributed by atoms with van der Waals surface area (Å²) in [5, 5.41) is 7.76. The van der Waals surface area contributed by atoms with Crippen LogP contribution in [0.2, 0.25) is 0 Å². The summed E-state index contributed by atoms with van der Waals surface area (Å²) in [7, 11) is 0. The topological polar surface area (TPSA) is 87.3 Å². The van der Waals surface area contributed by atoms with Crippen LogP contribution in [0.5, 0.6) is 0 Å². The largest absolute Gasteiger partial charge is 0.325 e. The molecule has 0 spiro atoms. The van der Waals surface area contributed by atoms with Crippen molar-refractivity contribution in [2.24, 2.45) is 0 Å². The van der Waals surface area contributed by atoms with Crippen LogP contribution < -0.4 is 16.0 Å². The number of hydrogen-bond acceptors (Lipinski definition) is 3. The maximum absolute atomic E-state index is 12.8. The smallest absolute Gasteiger partial charge is 0.322 e. The second-order valence-corrected chi connectivity index (χ2v) is 7.06. The van der Waals surface area contributed by atoms with Gasteiger partial charge in [-0.25, -0.2) is 4.79 Å². The number of urea groups is 1. The zero-order chi connectivity index (χ0) is 18.9. The third kappa shape index (κ3) is 3.06. The molecule has 0 aliphatic carbocycles. The zero-order valence-corrected chi connectivity index (χ0v) is 14.9. The van der Waals surface area contributed by atoms with Crippen molar-refractivity contribution >= 4 is 23.5 Å². The maximum atomic E-state index is 12.8. The Bertz CT molecular complexity index is 877. The Balaban J connectivity index is 1.84. The van der Waals surface area contributed by atoms with E-state index in [0.29, 0.717) is 11.3 Å². The fourth-order valence-corrected chi connectivity index (χ4v) is 2.93. The molecule has 1 saturated heterocycles. The highest BCUT2D eigenvalue weighted by Crippen LogP contribution is 2.28. The SMILES string of the molecule is CC(C)(C(=O)Nc1cccc([C@]2(C)NC(=O)NC2=O)c1)c1ccccc1. The second kappa shape index (κ2) is 6.29. The van der Waals surface area contributed by atoms with E-state index < -0.39 is 22.9 Å². The molecule has 0 saturated carbocycles. The lowest BCUT2D eigenvalue weighted by Gasteiger charge is -2.25. The number of carbonyl (C=O) groups is 3. The molecule has 26 heavy (non-hydrogen) atoms. The summed E-state index contributed by atoms with van der Waals surface area (Å²) in [4.78, 5) is 36.4. The van der Waals surface area contributed by atoms with Gasteiger partial charge in [0, 0.05) is 5.69 Å². The van der Waals surface area contributed by atoms with Gasteiger partial charge < -0.3 is 10.6 Å². The Kier molecular flexibility index (Phi) is 4.28. The van der Waals surface area contributed by atoms with E-state index in [0.717, 1.165) is 5.56 Å². The second-order valence-electron chi connectivity index (χ2n) is 7.06. The summed E-state index contributed by atoms with van der Waals surface area (Å²) in [6.45, 7) is 5.34. The number of hydrogen-bond donors (Lipinski definition) is 3. The fourth-order valence-electron chi connectivity index (χ4n) is 2.93. The summed E-state index contributed by atoms with van der Waals surface area (Å²) in [6.07, 6.45) is 0. The molecule has 6 nitrogen and oxygen atoms in total. The molecule has 1 aliphatic rings. The van der Waals surface area contributed by atoms with Crippen LogP contribution in [0.1, 0.15) is 31.9 Å². The summed E-state index contributed by atoms with van der Waals surface area (Å²) in [6, 6.07) is 15.9. The molecule has 1 fully saturated rings. The minimum absolute atomic E-state index is 0.161. The van der Waals surface area contributed by atoms with Gasteiger partial charge in [0.25, 0.3) is 5.91 Å². The van der Waals surface area contributed by atoms with Crippen LogP contribution in [-0.4, -0.2) is 17.8 Å². The van der Waals surface area contributed by atoms with Crippen molar-refractivity contribution in [1.29, 1.82) is 0 Å². The molecule has 3 N–H and O–H groups in total. The third-order valence-corrected chi connectivity index (χ3v) is 4.81. The van der Waals surface area contributed by atoms with Crippen LogP contribution in [0.25, 0.3) is 0 Å². The molecular formula is C20H21N3O3. The average Bonchev–Trinajstić information content (AvgIpc) is 2.89. The first-order chi connectivity index (χ1) is 12.2. The van der Waals surface area contributed by atoms with Crippen molar-refractivity contribution < 1.29 is 14.4 Å². The first kappa shape index (κ1) is 17.7. The number of amides is 4. The van der Waals surface area contributed by atoms with Crippen molar-refractivity contribution in [3.05, 3.63) is 65.7 Å². The van der Waals surface area contributed by atoms with Gasteiger partial charge in [-0.15, -0.1) is 0 Å². The highest BCUT2D eigenvalue weighted by atomic mass is 16.2. The van der Waals surface area contributed by atoms with Crippen LogP contribution in [-0.2, 0) is 20.5 Å².